The predicted octanol–water partition coefficient (Wildman–Crippen LogP) is 2.59. The first kappa shape index (κ1) is 12.0. The normalized spacial score (nSPS) is 10.1. The predicted molar refractivity (Wildman–Crippen MR) is 63.1 cm³/mol. The van der Waals surface area contributed by atoms with Gasteiger partial charge in [-0.15, -0.1) is 0 Å². The molecule has 1 aromatic carbocycles. The first-order valence-electron chi connectivity index (χ1n) is 5.14. The fourth-order valence-electron chi connectivity index (χ4n) is 1.64. The first-order valence-corrected chi connectivity index (χ1v) is 5.14. The molecule has 1 N–H and O–H groups in total. The van der Waals surface area contributed by atoms with Gasteiger partial charge in [0.05, 0.1) is 12.7 Å². The molecular formula is C13H10FNO3. The molecule has 4 nitrogen and oxygen atoms in total. The second kappa shape index (κ2) is 4.83. The lowest BCUT2D eigenvalue weighted by molar-refractivity contribution is 0.0697. The molecule has 0 bridgehead atoms. The molecule has 0 fully saturated rings. The molecule has 18 heavy (non-hydrogen) atoms. The Kier molecular flexibility index (Phi) is 3.23. The Morgan fingerprint density at radius 1 is 1.33 bits per heavy atom. The van der Waals surface area contributed by atoms with Gasteiger partial charge in [0.1, 0.15) is 11.6 Å². The number of halogens is 1. The molecule has 0 aliphatic rings. The number of carbonyl (C=O) groups is 1. The van der Waals surface area contributed by atoms with Crippen LogP contribution in [0.4, 0.5) is 4.39 Å². The summed E-state index contributed by atoms with van der Waals surface area (Å²) in [5.74, 6) is -1.31. The van der Waals surface area contributed by atoms with Crippen LogP contribution in [0.2, 0.25) is 0 Å². The van der Waals surface area contributed by atoms with E-state index in [1.54, 1.807) is 6.07 Å². The molecule has 0 saturated heterocycles. The van der Waals surface area contributed by atoms with E-state index >= 15 is 0 Å². The van der Waals surface area contributed by atoms with Crippen molar-refractivity contribution in [1.82, 2.24) is 4.98 Å². The summed E-state index contributed by atoms with van der Waals surface area (Å²) in [6.07, 6.45) is 2.62. The van der Waals surface area contributed by atoms with Crippen LogP contribution in [-0.2, 0) is 0 Å². The average molecular weight is 247 g/mol. The summed E-state index contributed by atoms with van der Waals surface area (Å²) in [4.78, 5) is 14.8. The zero-order valence-electron chi connectivity index (χ0n) is 9.55. The summed E-state index contributed by atoms with van der Waals surface area (Å²) in [7, 11) is 1.43. The van der Waals surface area contributed by atoms with Crippen LogP contribution in [0, 0.1) is 5.82 Å². The van der Waals surface area contributed by atoms with E-state index in [0.29, 0.717) is 5.75 Å². The van der Waals surface area contributed by atoms with Crippen molar-refractivity contribution in [2.45, 2.75) is 0 Å². The largest absolute Gasteiger partial charge is 0.497 e. The number of pyridine rings is 1. The van der Waals surface area contributed by atoms with Gasteiger partial charge in [0, 0.05) is 29.6 Å². The van der Waals surface area contributed by atoms with Crippen LogP contribution in [0.25, 0.3) is 11.1 Å². The number of aromatic carboxylic acids is 1. The van der Waals surface area contributed by atoms with Gasteiger partial charge in [0.25, 0.3) is 0 Å². The summed E-state index contributed by atoms with van der Waals surface area (Å²) in [5.41, 5.74) is 0.454. The fraction of sp³-hybridized carbons (Fsp3) is 0.0769. The number of rotatable bonds is 3. The number of carboxylic acid groups (broad SMARTS) is 1. The lowest BCUT2D eigenvalue weighted by Crippen LogP contribution is -2.01. The third-order valence-electron chi connectivity index (χ3n) is 2.52. The zero-order valence-corrected chi connectivity index (χ0v) is 9.55. The van der Waals surface area contributed by atoms with E-state index in [4.69, 9.17) is 9.84 Å². The average Bonchev–Trinajstić information content (AvgIpc) is 2.38. The number of ether oxygens (including phenoxy) is 1. The van der Waals surface area contributed by atoms with Crippen molar-refractivity contribution in [3.8, 4) is 16.9 Å². The number of nitrogens with zero attached hydrogens (tertiary/aromatic N) is 1. The Labute approximate surface area is 103 Å². The van der Waals surface area contributed by atoms with Gasteiger partial charge < -0.3 is 9.84 Å². The quantitative estimate of drug-likeness (QED) is 0.905. The summed E-state index contributed by atoms with van der Waals surface area (Å²) in [5, 5.41) is 9.03. The van der Waals surface area contributed by atoms with E-state index in [9.17, 15) is 9.18 Å². The standard InChI is InChI=1S/C13H10FNO3/c1-18-8-2-3-10(12(14)6-8)9-4-5-15-7-11(9)13(16)17/h2-7H,1H3,(H,16,17). The second-order valence-electron chi connectivity index (χ2n) is 3.57. The molecular weight excluding hydrogens is 237 g/mol. The number of hydrogen-bond acceptors (Lipinski definition) is 3. The van der Waals surface area contributed by atoms with Crippen molar-refractivity contribution in [2.75, 3.05) is 7.11 Å². The van der Waals surface area contributed by atoms with Gasteiger partial charge in [-0.2, -0.15) is 0 Å². The van der Waals surface area contributed by atoms with Gasteiger partial charge in [0.15, 0.2) is 0 Å². The Balaban J connectivity index is 2.59. The van der Waals surface area contributed by atoms with Crippen LogP contribution in [-0.4, -0.2) is 23.2 Å². The number of hydrogen-bond donors (Lipinski definition) is 1. The molecule has 0 amide bonds. The van der Waals surface area contributed by atoms with Crippen LogP contribution < -0.4 is 4.74 Å². The molecule has 2 rings (SSSR count). The maximum absolute atomic E-state index is 13.9. The molecule has 0 atom stereocenters. The highest BCUT2D eigenvalue weighted by atomic mass is 19.1. The number of methoxy groups -OCH3 is 1. The SMILES string of the molecule is COc1ccc(-c2ccncc2C(=O)O)c(F)c1. The summed E-state index contributed by atoms with van der Waals surface area (Å²) >= 11 is 0. The smallest absolute Gasteiger partial charge is 0.337 e. The van der Waals surface area contributed by atoms with Crippen LogP contribution >= 0.6 is 0 Å². The van der Waals surface area contributed by atoms with Crippen LogP contribution in [0.5, 0.6) is 5.75 Å². The number of carboxylic acids is 1. The van der Waals surface area contributed by atoms with Gasteiger partial charge >= 0.3 is 5.97 Å². The molecule has 0 aliphatic heterocycles. The van der Waals surface area contributed by atoms with Crippen LogP contribution in [0.15, 0.2) is 36.7 Å². The van der Waals surface area contributed by atoms with E-state index in [2.05, 4.69) is 4.98 Å². The van der Waals surface area contributed by atoms with Crippen molar-refractivity contribution in [2.24, 2.45) is 0 Å². The highest BCUT2D eigenvalue weighted by Gasteiger charge is 2.15. The minimum absolute atomic E-state index is 0.0402. The Hall–Kier alpha value is -2.43. The second-order valence-corrected chi connectivity index (χ2v) is 3.57. The third kappa shape index (κ3) is 2.15. The Bertz CT molecular complexity index is 599. The van der Waals surface area contributed by atoms with Crippen molar-refractivity contribution in [1.29, 1.82) is 0 Å². The highest BCUT2D eigenvalue weighted by Crippen LogP contribution is 2.28. The number of benzene rings is 1. The van der Waals surface area contributed by atoms with Crippen molar-refractivity contribution in [3.05, 3.63) is 48.0 Å². The summed E-state index contributed by atoms with van der Waals surface area (Å²) in [6.45, 7) is 0. The molecule has 0 radical (unpaired) electrons. The molecule has 0 unspecified atom stereocenters. The Morgan fingerprint density at radius 3 is 2.72 bits per heavy atom. The topological polar surface area (TPSA) is 59.4 Å². The van der Waals surface area contributed by atoms with Crippen LogP contribution in [0.3, 0.4) is 0 Å². The zero-order chi connectivity index (χ0) is 13.1. The Morgan fingerprint density at radius 2 is 2.11 bits per heavy atom. The monoisotopic (exact) mass is 247 g/mol. The maximum Gasteiger partial charge on any atom is 0.337 e. The molecule has 1 heterocycles. The fourth-order valence-corrected chi connectivity index (χ4v) is 1.64. The molecule has 2 aromatic rings. The van der Waals surface area contributed by atoms with Crippen molar-refractivity contribution < 1.29 is 19.0 Å². The lowest BCUT2D eigenvalue weighted by atomic mass is 10.0. The van der Waals surface area contributed by atoms with Gasteiger partial charge in [-0.05, 0) is 18.2 Å². The van der Waals surface area contributed by atoms with Gasteiger partial charge in [-0.1, -0.05) is 0 Å². The van der Waals surface area contributed by atoms with E-state index in [1.807, 2.05) is 0 Å². The molecule has 1 aromatic heterocycles. The highest BCUT2D eigenvalue weighted by molar-refractivity contribution is 5.95. The molecule has 5 heteroatoms. The lowest BCUT2D eigenvalue weighted by Gasteiger charge is -2.08. The molecule has 92 valence electrons. The summed E-state index contributed by atoms with van der Waals surface area (Å²) < 4.78 is 18.8. The minimum atomic E-state index is -1.15. The van der Waals surface area contributed by atoms with E-state index < -0.39 is 11.8 Å². The molecule has 0 saturated carbocycles. The summed E-state index contributed by atoms with van der Waals surface area (Å²) in [6, 6.07) is 5.73. The van der Waals surface area contributed by atoms with Gasteiger partial charge in [-0.25, -0.2) is 9.18 Å². The first-order chi connectivity index (χ1) is 8.63. The third-order valence-corrected chi connectivity index (χ3v) is 2.52. The molecule has 0 spiro atoms. The van der Waals surface area contributed by atoms with E-state index in [0.717, 1.165) is 0 Å². The van der Waals surface area contributed by atoms with E-state index in [1.165, 1.54) is 37.7 Å². The minimum Gasteiger partial charge on any atom is -0.497 e. The van der Waals surface area contributed by atoms with Gasteiger partial charge in [0.2, 0.25) is 0 Å². The van der Waals surface area contributed by atoms with Crippen LogP contribution in [0.1, 0.15) is 10.4 Å². The molecule has 0 aliphatic carbocycles. The van der Waals surface area contributed by atoms with Gasteiger partial charge in [-0.3, -0.25) is 4.98 Å². The van der Waals surface area contributed by atoms with Crippen molar-refractivity contribution >= 4 is 5.97 Å². The number of aromatic nitrogens is 1. The maximum atomic E-state index is 13.9. The van der Waals surface area contributed by atoms with Crippen molar-refractivity contribution in [3.63, 3.8) is 0 Å². The van der Waals surface area contributed by atoms with E-state index in [-0.39, 0.29) is 16.7 Å².